The molecule has 0 aliphatic heterocycles. The lowest BCUT2D eigenvalue weighted by molar-refractivity contribution is 0.559. The van der Waals surface area contributed by atoms with Gasteiger partial charge in [0.1, 0.15) is 6.34 Å². The first-order valence-electron chi connectivity index (χ1n) is 7.12. The van der Waals surface area contributed by atoms with Crippen LogP contribution in [-0.2, 0) is 4.57 Å². The predicted molar refractivity (Wildman–Crippen MR) is 83.6 cm³/mol. The summed E-state index contributed by atoms with van der Waals surface area (Å²) in [5.41, 5.74) is 0. The monoisotopic (exact) mass is 278 g/mol. The van der Waals surface area contributed by atoms with Crippen LogP contribution in [0.15, 0.2) is 0 Å². The van der Waals surface area contributed by atoms with Gasteiger partial charge in [0.15, 0.2) is 0 Å². The van der Waals surface area contributed by atoms with Gasteiger partial charge in [0.2, 0.25) is 0 Å². The number of rotatable bonds is 10. The van der Waals surface area contributed by atoms with Crippen LogP contribution in [0.1, 0.15) is 60.3 Å². The van der Waals surface area contributed by atoms with E-state index in [0.29, 0.717) is 11.8 Å². The van der Waals surface area contributed by atoms with Gasteiger partial charge in [-0.3, -0.25) is 0 Å². The zero-order valence-corrected chi connectivity index (χ0v) is 14.1. The minimum atomic E-state index is -1.94. The Morgan fingerprint density at radius 3 is 1.82 bits per heavy atom. The highest BCUT2D eigenvalue weighted by Crippen LogP contribution is 2.60. The predicted octanol–water partition coefficient (Wildman–Crippen LogP) is 5.89. The van der Waals surface area contributed by atoms with E-state index in [9.17, 15) is 4.57 Å². The highest BCUT2D eigenvalue weighted by Gasteiger charge is 2.22. The van der Waals surface area contributed by atoms with Crippen LogP contribution in [0.5, 0.6) is 0 Å². The molecule has 0 atom stereocenters. The average molecular weight is 278 g/mol. The van der Waals surface area contributed by atoms with Gasteiger partial charge in [-0.05, 0) is 31.1 Å². The zero-order chi connectivity index (χ0) is 13.3. The van der Waals surface area contributed by atoms with E-state index >= 15 is 0 Å². The quantitative estimate of drug-likeness (QED) is 0.366. The SMILES string of the molecule is CCCCSP(=O)(CCC(C)C)CCC(C)C. The highest BCUT2D eigenvalue weighted by molar-refractivity contribution is 8.58. The fraction of sp³-hybridized carbons (Fsp3) is 1.00. The first-order valence-corrected chi connectivity index (χ1v) is 10.8. The van der Waals surface area contributed by atoms with E-state index in [1.807, 2.05) is 0 Å². The first-order chi connectivity index (χ1) is 7.89. The molecule has 0 aliphatic carbocycles. The molecule has 0 radical (unpaired) electrons. The zero-order valence-electron chi connectivity index (χ0n) is 12.4. The van der Waals surface area contributed by atoms with Crippen LogP contribution >= 0.6 is 17.7 Å². The largest absolute Gasteiger partial charge is 0.312 e. The van der Waals surface area contributed by atoms with Gasteiger partial charge in [-0.1, -0.05) is 52.4 Å². The first kappa shape index (κ1) is 17.6. The molecule has 0 aromatic heterocycles. The normalized spacial score (nSPS) is 12.6. The minimum Gasteiger partial charge on any atom is -0.312 e. The van der Waals surface area contributed by atoms with Crippen molar-refractivity contribution in [1.82, 2.24) is 0 Å². The van der Waals surface area contributed by atoms with Gasteiger partial charge < -0.3 is 4.57 Å². The van der Waals surface area contributed by atoms with Crippen molar-refractivity contribution in [2.45, 2.75) is 60.3 Å². The Morgan fingerprint density at radius 1 is 1.00 bits per heavy atom. The van der Waals surface area contributed by atoms with Crippen LogP contribution in [0.25, 0.3) is 0 Å². The van der Waals surface area contributed by atoms with Crippen molar-refractivity contribution in [3.05, 3.63) is 0 Å². The van der Waals surface area contributed by atoms with E-state index in [2.05, 4.69) is 34.6 Å². The smallest absolute Gasteiger partial charge is 0.139 e. The third-order valence-corrected chi connectivity index (χ3v) is 8.79. The summed E-state index contributed by atoms with van der Waals surface area (Å²) in [5.74, 6) is 2.44. The standard InChI is InChI=1S/C14H31OPS/c1-6-7-12-17-16(15,10-8-13(2)3)11-9-14(4)5/h13-14H,6-12H2,1-5H3. The molecular weight excluding hydrogens is 247 g/mol. The van der Waals surface area contributed by atoms with Gasteiger partial charge in [0, 0.05) is 18.1 Å². The van der Waals surface area contributed by atoms with Crippen LogP contribution in [-0.4, -0.2) is 18.1 Å². The van der Waals surface area contributed by atoms with Crippen molar-refractivity contribution >= 4 is 17.7 Å². The molecular formula is C14H31OPS. The molecule has 0 spiro atoms. The van der Waals surface area contributed by atoms with Crippen LogP contribution in [0.4, 0.5) is 0 Å². The van der Waals surface area contributed by atoms with E-state index in [1.165, 1.54) is 12.8 Å². The topological polar surface area (TPSA) is 17.1 Å². The van der Waals surface area contributed by atoms with Gasteiger partial charge in [0.25, 0.3) is 0 Å². The molecule has 0 heterocycles. The molecule has 0 aliphatic rings. The van der Waals surface area contributed by atoms with E-state index in [0.717, 1.165) is 30.9 Å². The Labute approximate surface area is 113 Å². The molecule has 0 fully saturated rings. The fourth-order valence-corrected chi connectivity index (χ4v) is 7.37. The van der Waals surface area contributed by atoms with Gasteiger partial charge in [-0.2, -0.15) is 0 Å². The second-order valence-corrected chi connectivity index (χ2v) is 11.8. The lowest BCUT2D eigenvalue weighted by atomic mass is 10.2. The van der Waals surface area contributed by atoms with Crippen molar-refractivity contribution in [3.63, 3.8) is 0 Å². The molecule has 0 aromatic rings. The molecule has 0 saturated heterocycles. The van der Waals surface area contributed by atoms with Gasteiger partial charge in [-0.25, -0.2) is 0 Å². The Morgan fingerprint density at radius 2 is 1.47 bits per heavy atom. The lowest BCUT2D eigenvalue weighted by Crippen LogP contribution is -2.00. The van der Waals surface area contributed by atoms with Crippen LogP contribution in [0, 0.1) is 11.8 Å². The molecule has 3 heteroatoms. The summed E-state index contributed by atoms with van der Waals surface area (Å²) in [6.07, 6.45) is 4.62. The van der Waals surface area contributed by atoms with Gasteiger partial charge in [-0.15, -0.1) is 0 Å². The third-order valence-electron chi connectivity index (χ3n) is 2.92. The highest BCUT2D eigenvalue weighted by atomic mass is 32.7. The molecule has 0 aromatic carbocycles. The molecule has 0 rings (SSSR count). The molecule has 0 amide bonds. The summed E-state index contributed by atoms with van der Waals surface area (Å²) < 4.78 is 12.9. The van der Waals surface area contributed by atoms with E-state index < -0.39 is 6.34 Å². The molecule has 0 bridgehead atoms. The molecule has 0 unspecified atom stereocenters. The Balaban J connectivity index is 4.19. The summed E-state index contributed by atoms with van der Waals surface area (Å²) in [6, 6.07) is 0. The van der Waals surface area contributed by atoms with E-state index in [1.54, 1.807) is 11.4 Å². The summed E-state index contributed by atoms with van der Waals surface area (Å²) in [5, 5.41) is 0. The third kappa shape index (κ3) is 10.2. The average Bonchev–Trinajstić information content (AvgIpc) is 2.24. The molecule has 1 nitrogen and oxygen atoms in total. The summed E-state index contributed by atoms with van der Waals surface area (Å²) in [4.78, 5) is 0. The Bertz CT molecular complexity index is 210. The van der Waals surface area contributed by atoms with E-state index in [-0.39, 0.29) is 0 Å². The number of hydrogen-bond acceptors (Lipinski definition) is 2. The Kier molecular flexibility index (Phi) is 9.83. The molecule has 0 N–H and O–H groups in total. The van der Waals surface area contributed by atoms with Crippen molar-refractivity contribution in [2.75, 3.05) is 18.1 Å². The van der Waals surface area contributed by atoms with Crippen LogP contribution in [0.2, 0.25) is 0 Å². The lowest BCUT2D eigenvalue weighted by Gasteiger charge is -2.19. The van der Waals surface area contributed by atoms with Gasteiger partial charge in [0.05, 0.1) is 0 Å². The van der Waals surface area contributed by atoms with Crippen molar-refractivity contribution in [3.8, 4) is 0 Å². The fourth-order valence-electron chi connectivity index (χ4n) is 1.53. The second kappa shape index (κ2) is 9.50. The minimum absolute atomic E-state index is 0.675. The maximum atomic E-state index is 12.9. The van der Waals surface area contributed by atoms with Crippen molar-refractivity contribution in [1.29, 1.82) is 0 Å². The summed E-state index contributed by atoms with van der Waals surface area (Å²) in [7, 11) is 0. The Hall–Kier alpha value is 0.580. The van der Waals surface area contributed by atoms with Crippen molar-refractivity contribution in [2.24, 2.45) is 11.8 Å². The summed E-state index contributed by atoms with van der Waals surface area (Å²) >= 11 is 1.79. The number of hydrogen-bond donors (Lipinski definition) is 0. The van der Waals surface area contributed by atoms with Crippen LogP contribution < -0.4 is 0 Å². The van der Waals surface area contributed by atoms with Crippen LogP contribution in [0.3, 0.4) is 0 Å². The van der Waals surface area contributed by atoms with E-state index in [4.69, 9.17) is 0 Å². The van der Waals surface area contributed by atoms with Gasteiger partial charge >= 0.3 is 0 Å². The maximum Gasteiger partial charge on any atom is 0.139 e. The molecule has 104 valence electrons. The second-order valence-electron chi connectivity index (χ2n) is 5.81. The summed E-state index contributed by atoms with van der Waals surface area (Å²) in [6.45, 7) is 11.1. The molecule has 0 saturated carbocycles. The molecule has 17 heavy (non-hydrogen) atoms. The van der Waals surface area contributed by atoms with Crippen molar-refractivity contribution < 1.29 is 4.57 Å². The number of unbranched alkanes of at least 4 members (excludes halogenated alkanes) is 1. The maximum absolute atomic E-state index is 12.9.